The van der Waals surface area contributed by atoms with Gasteiger partial charge >= 0.3 is 0 Å². The van der Waals surface area contributed by atoms with Crippen LogP contribution in [-0.2, 0) is 20.4 Å². The smallest absolute Gasteiger partial charge is 0.232 e. The predicted molar refractivity (Wildman–Crippen MR) is 92.1 cm³/mol. The third-order valence-electron chi connectivity index (χ3n) is 3.72. The van der Waals surface area contributed by atoms with Gasteiger partial charge in [0.1, 0.15) is 0 Å². The van der Waals surface area contributed by atoms with Gasteiger partial charge in [0.2, 0.25) is 5.91 Å². The Balaban J connectivity index is 1.83. The molecule has 4 nitrogen and oxygen atoms in total. The van der Waals surface area contributed by atoms with Crippen molar-refractivity contribution in [2.75, 3.05) is 23.8 Å². The molecule has 22 heavy (non-hydrogen) atoms. The van der Waals surface area contributed by atoms with E-state index < -0.39 is 9.84 Å². The molecule has 0 spiro atoms. The van der Waals surface area contributed by atoms with Gasteiger partial charge in [0.05, 0.1) is 17.3 Å². The maximum atomic E-state index is 12.3. The molecule has 1 heterocycles. The van der Waals surface area contributed by atoms with Gasteiger partial charge in [-0.3, -0.25) is 4.79 Å². The highest BCUT2D eigenvalue weighted by Crippen LogP contribution is 2.20. The van der Waals surface area contributed by atoms with Crippen molar-refractivity contribution in [2.45, 2.75) is 25.1 Å². The molecule has 2 rings (SSSR count). The van der Waals surface area contributed by atoms with Crippen LogP contribution in [0.5, 0.6) is 0 Å². The number of benzene rings is 1. The first-order valence-electron chi connectivity index (χ1n) is 7.23. The van der Waals surface area contributed by atoms with Crippen molar-refractivity contribution >= 4 is 39.1 Å². The van der Waals surface area contributed by atoms with Crippen LogP contribution in [0.15, 0.2) is 24.3 Å². The van der Waals surface area contributed by atoms with Crippen molar-refractivity contribution in [1.82, 2.24) is 4.90 Å². The molecule has 0 saturated carbocycles. The fourth-order valence-electron chi connectivity index (χ4n) is 2.58. The molecule has 7 heteroatoms. The van der Waals surface area contributed by atoms with Crippen molar-refractivity contribution in [3.63, 3.8) is 0 Å². The van der Waals surface area contributed by atoms with Gasteiger partial charge in [-0.1, -0.05) is 23.7 Å². The monoisotopic (exact) mass is 361 g/mol. The van der Waals surface area contributed by atoms with Crippen molar-refractivity contribution < 1.29 is 13.2 Å². The molecule has 0 bridgehead atoms. The summed E-state index contributed by atoms with van der Waals surface area (Å²) in [6, 6.07) is 7.41. The number of sulfone groups is 1. The molecule has 1 atom stereocenters. The number of rotatable bonds is 6. The molecule has 1 aromatic carbocycles. The second kappa shape index (κ2) is 7.70. The summed E-state index contributed by atoms with van der Waals surface area (Å²) < 4.78 is 23.1. The molecule has 0 aromatic heterocycles. The second-order valence-electron chi connectivity index (χ2n) is 5.36. The van der Waals surface area contributed by atoms with Gasteiger partial charge < -0.3 is 4.90 Å². The zero-order valence-electron chi connectivity index (χ0n) is 12.5. The average molecular weight is 362 g/mol. The number of carbonyl (C=O) groups is 1. The number of halogens is 1. The Bertz CT molecular complexity index is 616. The van der Waals surface area contributed by atoms with E-state index >= 15 is 0 Å². The van der Waals surface area contributed by atoms with Gasteiger partial charge in [-0.25, -0.2) is 8.42 Å². The fourth-order valence-corrected chi connectivity index (χ4v) is 5.31. The van der Waals surface area contributed by atoms with Gasteiger partial charge in [0.25, 0.3) is 0 Å². The Morgan fingerprint density at radius 1 is 1.36 bits per heavy atom. The number of carbonyl (C=O) groups excluding carboxylic acids is 1. The number of hydrogen-bond donors (Lipinski definition) is 0. The molecule has 1 aliphatic heterocycles. The zero-order chi connectivity index (χ0) is 16.2. The maximum absolute atomic E-state index is 12.3. The molecule has 1 saturated heterocycles. The lowest BCUT2D eigenvalue weighted by Crippen LogP contribution is -2.41. The largest absolute Gasteiger partial charge is 0.338 e. The van der Waals surface area contributed by atoms with Crippen molar-refractivity contribution in [3.8, 4) is 0 Å². The average Bonchev–Trinajstić information content (AvgIpc) is 2.82. The first-order valence-corrected chi connectivity index (χ1v) is 10.6. The van der Waals surface area contributed by atoms with Gasteiger partial charge in [0.15, 0.2) is 9.84 Å². The van der Waals surface area contributed by atoms with Gasteiger partial charge in [0, 0.05) is 23.4 Å². The summed E-state index contributed by atoms with van der Waals surface area (Å²) in [6.07, 6.45) is 0.559. The minimum absolute atomic E-state index is 0.0172. The number of hydrogen-bond acceptors (Lipinski definition) is 4. The molecule has 0 N–H and O–H groups in total. The highest BCUT2D eigenvalue weighted by atomic mass is 35.5. The Morgan fingerprint density at radius 3 is 2.59 bits per heavy atom. The summed E-state index contributed by atoms with van der Waals surface area (Å²) in [7, 11) is -2.96. The summed E-state index contributed by atoms with van der Waals surface area (Å²) in [6.45, 7) is 2.45. The van der Waals surface area contributed by atoms with Gasteiger partial charge in [-0.15, -0.1) is 11.8 Å². The van der Waals surface area contributed by atoms with Crippen LogP contribution >= 0.6 is 23.4 Å². The van der Waals surface area contributed by atoms with E-state index in [0.717, 1.165) is 11.3 Å². The van der Waals surface area contributed by atoms with Crippen LogP contribution in [0.25, 0.3) is 0 Å². The molecule has 1 fully saturated rings. The predicted octanol–water partition coefficient (Wildman–Crippen LogP) is 2.61. The number of nitrogens with zero attached hydrogens (tertiary/aromatic N) is 1. The lowest BCUT2D eigenvalue weighted by molar-refractivity contribution is -0.129. The SMILES string of the molecule is CCN(C(=O)CSCc1ccc(Cl)cc1)C1CCS(=O)(=O)C1. The van der Waals surface area contributed by atoms with Gasteiger partial charge in [-0.2, -0.15) is 0 Å². The lowest BCUT2D eigenvalue weighted by Gasteiger charge is -2.26. The second-order valence-corrected chi connectivity index (χ2v) is 9.01. The molecule has 0 radical (unpaired) electrons. The molecule has 0 aliphatic carbocycles. The van der Waals surface area contributed by atoms with E-state index in [1.807, 2.05) is 31.2 Å². The third-order valence-corrected chi connectivity index (χ3v) is 6.71. The highest BCUT2D eigenvalue weighted by molar-refractivity contribution is 7.99. The molecular weight excluding hydrogens is 342 g/mol. The van der Waals surface area contributed by atoms with Crippen LogP contribution in [-0.4, -0.2) is 49.1 Å². The standard InChI is InChI=1S/C15H20ClNO3S2/c1-2-17(14-7-8-22(19,20)11-14)15(18)10-21-9-12-3-5-13(16)6-4-12/h3-6,14H,2,7-11H2,1H3. The van der Waals surface area contributed by atoms with Crippen LogP contribution in [0.4, 0.5) is 0 Å². The normalized spacial score (nSPS) is 20.0. The van der Waals surface area contributed by atoms with E-state index in [2.05, 4.69) is 0 Å². The zero-order valence-corrected chi connectivity index (χ0v) is 14.9. The summed E-state index contributed by atoms with van der Waals surface area (Å²) in [5.74, 6) is 1.42. The van der Waals surface area contributed by atoms with Crippen molar-refractivity contribution in [3.05, 3.63) is 34.9 Å². The summed E-state index contributed by atoms with van der Waals surface area (Å²) in [5, 5.41) is 0.699. The van der Waals surface area contributed by atoms with E-state index in [4.69, 9.17) is 11.6 Å². The van der Waals surface area contributed by atoms with E-state index in [-0.39, 0.29) is 23.5 Å². The van der Waals surface area contributed by atoms with Crippen LogP contribution in [0, 0.1) is 0 Å². The van der Waals surface area contributed by atoms with Crippen LogP contribution in [0.2, 0.25) is 5.02 Å². The molecule has 1 amide bonds. The Hall–Kier alpha value is -0.720. The molecule has 1 unspecified atom stereocenters. The van der Waals surface area contributed by atoms with Crippen LogP contribution in [0.1, 0.15) is 18.9 Å². The third kappa shape index (κ3) is 4.89. The first kappa shape index (κ1) is 17.6. The topological polar surface area (TPSA) is 54.5 Å². The first-order chi connectivity index (χ1) is 10.4. The maximum Gasteiger partial charge on any atom is 0.232 e. The van der Waals surface area contributed by atoms with E-state index in [1.165, 1.54) is 11.8 Å². The highest BCUT2D eigenvalue weighted by Gasteiger charge is 2.33. The molecule has 1 aliphatic rings. The minimum Gasteiger partial charge on any atom is -0.338 e. The summed E-state index contributed by atoms with van der Waals surface area (Å²) >= 11 is 7.37. The van der Waals surface area contributed by atoms with E-state index in [1.54, 1.807) is 4.90 Å². The Kier molecular flexibility index (Phi) is 6.17. The lowest BCUT2D eigenvalue weighted by atomic mass is 10.2. The van der Waals surface area contributed by atoms with E-state index in [9.17, 15) is 13.2 Å². The molecule has 1 aromatic rings. The van der Waals surface area contributed by atoms with Crippen molar-refractivity contribution in [2.24, 2.45) is 0 Å². The minimum atomic E-state index is -2.96. The molecular formula is C15H20ClNO3S2. The fraction of sp³-hybridized carbons (Fsp3) is 0.533. The Labute approximate surface area is 141 Å². The summed E-state index contributed by atoms with van der Waals surface area (Å²) in [5.41, 5.74) is 1.12. The quantitative estimate of drug-likeness (QED) is 0.781. The Morgan fingerprint density at radius 2 is 2.05 bits per heavy atom. The number of thioether (sulfide) groups is 1. The van der Waals surface area contributed by atoms with Crippen LogP contribution < -0.4 is 0 Å². The number of amides is 1. The van der Waals surface area contributed by atoms with Crippen molar-refractivity contribution in [1.29, 1.82) is 0 Å². The molecule has 122 valence electrons. The van der Waals surface area contributed by atoms with Crippen LogP contribution in [0.3, 0.4) is 0 Å². The van der Waals surface area contributed by atoms with E-state index in [0.29, 0.717) is 23.7 Å². The summed E-state index contributed by atoms with van der Waals surface area (Å²) in [4.78, 5) is 14.0. The van der Waals surface area contributed by atoms with Gasteiger partial charge in [-0.05, 0) is 31.0 Å².